The predicted molar refractivity (Wildman–Crippen MR) is 141 cm³/mol. The lowest BCUT2D eigenvalue weighted by atomic mass is 10.0. The van der Waals surface area contributed by atoms with Crippen LogP contribution in [0.15, 0.2) is 88.9 Å². The van der Waals surface area contributed by atoms with Crippen LogP contribution in [0.5, 0.6) is 0 Å². The molecule has 3 aromatic rings. The van der Waals surface area contributed by atoms with Gasteiger partial charge >= 0.3 is 0 Å². The molecule has 2 heterocycles. The SMILES string of the molecule is CS(=O)(=O)c1cccc(S(=O)(=O)N(Cc2cccnc2)C2CCN(CCCc3ccccc3)CC2)c1. The van der Waals surface area contributed by atoms with Gasteiger partial charge in [0.2, 0.25) is 10.0 Å². The first-order valence-corrected chi connectivity index (χ1v) is 15.5. The fraction of sp³-hybridized carbons (Fsp3) is 0.370. The van der Waals surface area contributed by atoms with Crippen LogP contribution in [0.3, 0.4) is 0 Å². The van der Waals surface area contributed by atoms with Crippen molar-refractivity contribution in [3.63, 3.8) is 0 Å². The van der Waals surface area contributed by atoms with E-state index in [1.807, 2.05) is 12.1 Å². The van der Waals surface area contributed by atoms with Crippen LogP contribution < -0.4 is 0 Å². The summed E-state index contributed by atoms with van der Waals surface area (Å²) in [6.07, 6.45) is 7.94. The van der Waals surface area contributed by atoms with Crippen LogP contribution in [0.4, 0.5) is 0 Å². The normalized spacial score (nSPS) is 15.8. The van der Waals surface area contributed by atoms with Crippen molar-refractivity contribution < 1.29 is 16.8 Å². The maximum atomic E-state index is 13.8. The Balaban J connectivity index is 1.49. The molecule has 7 nitrogen and oxygen atoms in total. The molecule has 36 heavy (non-hydrogen) atoms. The summed E-state index contributed by atoms with van der Waals surface area (Å²) in [5.74, 6) is 0. The van der Waals surface area contributed by atoms with Crippen LogP contribution in [0.1, 0.15) is 30.4 Å². The van der Waals surface area contributed by atoms with Gasteiger partial charge in [-0.2, -0.15) is 4.31 Å². The molecule has 0 radical (unpaired) electrons. The predicted octanol–water partition coefficient (Wildman–Crippen LogP) is 3.77. The number of rotatable bonds is 10. The molecule has 1 aromatic heterocycles. The van der Waals surface area contributed by atoms with E-state index in [9.17, 15) is 16.8 Å². The summed E-state index contributed by atoms with van der Waals surface area (Å²) in [7, 11) is -7.46. The molecular formula is C27H33N3O4S2. The van der Waals surface area contributed by atoms with Gasteiger partial charge in [0.05, 0.1) is 9.79 Å². The van der Waals surface area contributed by atoms with Gasteiger partial charge in [-0.3, -0.25) is 4.98 Å². The molecule has 1 aliphatic heterocycles. The average molecular weight is 528 g/mol. The maximum absolute atomic E-state index is 13.8. The van der Waals surface area contributed by atoms with Gasteiger partial charge in [0.1, 0.15) is 0 Å². The average Bonchev–Trinajstić information content (AvgIpc) is 2.88. The zero-order valence-corrected chi connectivity index (χ0v) is 22.2. The molecule has 1 fully saturated rings. The number of pyridine rings is 1. The second kappa shape index (κ2) is 11.6. The van der Waals surface area contributed by atoms with Gasteiger partial charge in [-0.25, -0.2) is 16.8 Å². The number of sulfone groups is 1. The summed E-state index contributed by atoms with van der Waals surface area (Å²) in [5, 5.41) is 0. The summed E-state index contributed by atoms with van der Waals surface area (Å²) < 4.78 is 53.3. The molecule has 0 bridgehead atoms. The lowest BCUT2D eigenvalue weighted by Crippen LogP contribution is -2.47. The number of hydrogen-bond donors (Lipinski definition) is 0. The van der Waals surface area contributed by atoms with E-state index in [0.29, 0.717) is 0 Å². The van der Waals surface area contributed by atoms with Crippen molar-refractivity contribution in [2.75, 3.05) is 25.9 Å². The molecule has 192 valence electrons. The minimum atomic E-state index is -3.93. The van der Waals surface area contributed by atoms with Crippen molar-refractivity contribution >= 4 is 19.9 Å². The molecule has 0 saturated carbocycles. The standard InChI is InChI=1S/C27H33N3O4S2/c1-35(31,32)26-12-5-13-27(20-26)36(33,34)30(22-24-10-6-16-28-21-24)25-14-18-29(19-15-25)17-7-11-23-8-3-2-4-9-23/h2-6,8-10,12-13,16,20-21,25H,7,11,14-15,17-19,22H2,1H3. The minimum absolute atomic E-state index is 0.000365. The fourth-order valence-electron chi connectivity index (χ4n) is 4.67. The van der Waals surface area contributed by atoms with Gasteiger partial charge in [0.25, 0.3) is 0 Å². The molecule has 9 heteroatoms. The smallest absolute Gasteiger partial charge is 0.243 e. The van der Waals surface area contributed by atoms with Crippen LogP contribution in [-0.2, 0) is 32.8 Å². The van der Waals surface area contributed by atoms with Gasteiger partial charge in [-0.05, 0) is 80.7 Å². The van der Waals surface area contributed by atoms with Crippen molar-refractivity contribution in [2.24, 2.45) is 0 Å². The Kier molecular flexibility index (Phi) is 8.56. The zero-order chi connectivity index (χ0) is 25.6. The van der Waals surface area contributed by atoms with E-state index in [-0.39, 0.29) is 22.4 Å². The monoisotopic (exact) mass is 527 g/mol. The summed E-state index contributed by atoms with van der Waals surface area (Å²) >= 11 is 0. The van der Waals surface area contributed by atoms with E-state index in [0.717, 1.165) is 57.1 Å². The van der Waals surface area contributed by atoms with E-state index < -0.39 is 19.9 Å². The largest absolute Gasteiger partial charge is 0.303 e. The molecule has 2 aromatic carbocycles. The number of aryl methyl sites for hydroxylation is 1. The minimum Gasteiger partial charge on any atom is -0.303 e. The summed E-state index contributed by atoms with van der Waals surface area (Å²) in [4.78, 5) is 6.55. The summed E-state index contributed by atoms with van der Waals surface area (Å²) in [5.41, 5.74) is 2.13. The highest BCUT2D eigenvalue weighted by Gasteiger charge is 2.34. The number of aromatic nitrogens is 1. The molecule has 0 atom stereocenters. The zero-order valence-electron chi connectivity index (χ0n) is 20.5. The van der Waals surface area contributed by atoms with E-state index in [1.54, 1.807) is 18.5 Å². The molecular weight excluding hydrogens is 494 g/mol. The van der Waals surface area contributed by atoms with Crippen molar-refractivity contribution in [2.45, 2.75) is 48.1 Å². The topological polar surface area (TPSA) is 87.6 Å². The third-order valence-electron chi connectivity index (χ3n) is 6.65. The maximum Gasteiger partial charge on any atom is 0.243 e. The van der Waals surface area contributed by atoms with Crippen molar-refractivity contribution in [1.82, 2.24) is 14.2 Å². The second-order valence-corrected chi connectivity index (χ2v) is 13.2. The molecule has 0 spiro atoms. The van der Waals surface area contributed by atoms with E-state index in [1.165, 1.54) is 34.1 Å². The quantitative estimate of drug-likeness (QED) is 0.399. The van der Waals surface area contributed by atoms with Gasteiger partial charge in [-0.1, -0.05) is 42.5 Å². The number of likely N-dealkylation sites (tertiary alicyclic amines) is 1. The first-order chi connectivity index (χ1) is 17.2. The Labute approximate surface area is 214 Å². The first-order valence-electron chi connectivity index (χ1n) is 12.2. The lowest BCUT2D eigenvalue weighted by Gasteiger charge is -2.38. The Morgan fingerprint density at radius 2 is 1.58 bits per heavy atom. The Hall–Kier alpha value is -2.59. The van der Waals surface area contributed by atoms with Crippen LogP contribution in [0, 0.1) is 0 Å². The molecule has 0 aliphatic carbocycles. The number of nitrogens with zero attached hydrogens (tertiary/aromatic N) is 3. The molecule has 0 amide bonds. The van der Waals surface area contributed by atoms with Gasteiger partial charge < -0.3 is 4.90 Å². The Morgan fingerprint density at radius 1 is 0.889 bits per heavy atom. The second-order valence-electron chi connectivity index (χ2n) is 9.32. The van der Waals surface area contributed by atoms with Gasteiger partial charge in [-0.15, -0.1) is 0 Å². The lowest BCUT2D eigenvalue weighted by molar-refractivity contribution is 0.155. The van der Waals surface area contributed by atoms with Crippen LogP contribution in [0.2, 0.25) is 0 Å². The summed E-state index contributed by atoms with van der Waals surface area (Å²) in [6.45, 7) is 2.81. The van der Waals surface area contributed by atoms with Crippen LogP contribution in [-0.4, -0.2) is 63.0 Å². The van der Waals surface area contributed by atoms with E-state index in [4.69, 9.17) is 0 Å². The Bertz CT molecular complexity index is 1340. The van der Waals surface area contributed by atoms with Crippen molar-refractivity contribution in [3.8, 4) is 0 Å². The molecule has 0 N–H and O–H groups in total. The number of hydrogen-bond acceptors (Lipinski definition) is 6. The van der Waals surface area contributed by atoms with Crippen molar-refractivity contribution in [1.29, 1.82) is 0 Å². The van der Waals surface area contributed by atoms with Crippen LogP contribution in [0.25, 0.3) is 0 Å². The van der Waals surface area contributed by atoms with Crippen LogP contribution >= 0.6 is 0 Å². The molecule has 1 saturated heterocycles. The Morgan fingerprint density at radius 3 is 2.25 bits per heavy atom. The third kappa shape index (κ3) is 6.79. The first kappa shape index (κ1) is 26.5. The molecule has 1 aliphatic rings. The van der Waals surface area contributed by atoms with Crippen molar-refractivity contribution in [3.05, 3.63) is 90.3 Å². The highest BCUT2D eigenvalue weighted by molar-refractivity contribution is 7.91. The number of piperidine rings is 1. The number of sulfonamides is 1. The van der Waals surface area contributed by atoms with E-state index >= 15 is 0 Å². The highest BCUT2D eigenvalue weighted by atomic mass is 32.2. The highest BCUT2D eigenvalue weighted by Crippen LogP contribution is 2.28. The third-order valence-corrected chi connectivity index (χ3v) is 9.65. The van der Waals surface area contributed by atoms with Gasteiger partial charge in [0, 0.05) is 31.2 Å². The number of benzene rings is 2. The summed E-state index contributed by atoms with van der Waals surface area (Å²) in [6, 6.07) is 19.6. The van der Waals surface area contributed by atoms with Gasteiger partial charge in [0.15, 0.2) is 9.84 Å². The van der Waals surface area contributed by atoms with E-state index in [2.05, 4.69) is 34.1 Å². The molecule has 0 unspecified atom stereocenters. The fourth-order valence-corrected chi connectivity index (χ4v) is 7.13. The molecule has 4 rings (SSSR count).